The molecule has 0 saturated carbocycles. The standard InChI is InChI=1S/C13H11FN4O/c1-19-11-4-2-8(6-10(11)14)9-3-5-12-16-13(15)17-18(12)7-9/h2-7H,1H3,(H2,15,17). The monoisotopic (exact) mass is 258 g/mol. The van der Waals surface area contributed by atoms with Crippen LogP contribution >= 0.6 is 0 Å². The van der Waals surface area contributed by atoms with E-state index in [0.717, 1.165) is 11.1 Å². The van der Waals surface area contributed by atoms with Gasteiger partial charge in [-0.05, 0) is 29.8 Å². The summed E-state index contributed by atoms with van der Waals surface area (Å²) >= 11 is 0. The highest BCUT2D eigenvalue weighted by Crippen LogP contribution is 2.25. The van der Waals surface area contributed by atoms with E-state index in [2.05, 4.69) is 10.1 Å². The van der Waals surface area contributed by atoms with Crippen molar-refractivity contribution in [1.29, 1.82) is 0 Å². The number of hydrogen-bond acceptors (Lipinski definition) is 4. The number of anilines is 1. The Labute approximate surface area is 108 Å². The van der Waals surface area contributed by atoms with Gasteiger partial charge in [-0.2, -0.15) is 4.98 Å². The zero-order valence-electron chi connectivity index (χ0n) is 10.2. The Morgan fingerprint density at radius 2 is 2.00 bits per heavy atom. The van der Waals surface area contributed by atoms with Crippen LogP contribution in [0.2, 0.25) is 0 Å². The van der Waals surface area contributed by atoms with E-state index in [1.54, 1.807) is 28.9 Å². The first-order valence-electron chi connectivity index (χ1n) is 5.63. The molecular weight excluding hydrogens is 247 g/mol. The van der Waals surface area contributed by atoms with Crippen LogP contribution in [0.25, 0.3) is 16.8 Å². The molecule has 0 atom stereocenters. The lowest BCUT2D eigenvalue weighted by molar-refractivity contribution is 0.386. The van der Waals surface area contributed by atoms with E-state index in [4.69, 9.17) is 10.5 Å². The van der Waals surface area contributed by atoms with Crippen molar-refractivity contribution in [3.63, 3.8) is 0 Å². The number of fused-ring (bicyclic) bond motifs is 1. The third-order valence-corrected chi connectivity index (χ3v) is 2.83. The van der Waals surface area contributed by atoms with Crippen molar-refractivity contribution in [3.8, 4) is 16.9 Å². The van der Waals surface area contributed by atoms with Gasteiger partial charge in [0.05, 0.1) is 7.11 Å². The van der Waals surface area contributed by atoms with Crippen molar-refractivity contribution in [2.24, 2.45) is 0 Å². The minimum absolute atomic E-state index is 0.207. The van der Waals surface area contributed by atoms with E-state index in [1.807, 2.05) is 6.07 Å². The summed E-state index contributed by atoms with van der Waals surface area (Å²) in [5.41, 5.74) is 7.72. The normalized spacial score (nSPS) is 10.8. The molecule has 0 amide bonds. The number of methoxy groups -OCH3 is 1. The lowest BCUT2D eigenvalue weighted by atomic mass is 10.1. The lowest BCUT2D eigenvalue weighted by Crippen LogP contribution is -1.92. The van der Waals surface area contributed by atoms with E-state index in [0.29, 0.717) is 5.65 Å². The van der Waals surface area contributed by atoms with Crippen LogP contribution in [0.5, 0.6) is 5.75 Å². The van der Waals surface area contributed by atoms with Gasteiger partial charge in [0.25, 0.3) is 0 Å². The maximum atomic E-state index is 13.7. The average molecular weight is 258 g/mol. The van der Waals surface area contributed by atoms with Gasteiger partial charge < -0.3 is 10.5 Å². The maximum absolute atomic E-state index is 13.7. The fourth-order valence-corrected chi connectivity index (χ4v) is 1.92. The molecule has 0 aliphatic rings. The minimum Gasteiger partial charge on any atom is -0.494 e. The third kappa shape index (κ3) is 1.97. The summed E-state index contributed by atoms with van der Waals surface area (Å²) in [6, 6.07) is 8.40. The SMILES string of the molecule is COc1ccc(-c2ccc3nc(N)nn3c2)cc1F. The molecule has 19 heavy (non-hydrogen) atoms. The number of ether oxygens (including phenoxy) is 1. The molecule has 0 aliphatic carbocycles. The van der Waals surface area contributed by atoms with Crippen LogP contribution in [0.3, 0.4) is 0 Å². The zero-order chi connectivity index (χ0) is 13.4. The minimum atomic E-state index is -0.404. The molecule has 3 aromatic rings. The molecule has 0 bridgehead atoms. The van der Waals surface area contributed by atoms with Crippen molar-refractivity contribution < 1.29 is 9.13 Å². The summed E-state index contributed by atoms with van der Waals surface area (Å²) in [6.07, 6.45) is 1.75. The van der Waals surface area contributed by atoms with Crippen LogP contribution < -0.4 is 10.5 Å². The molecule has 2 heterocycles. The van der Waals surface area contributed by atoms with Gasteiger partial charge in [-0.1, -0.05) is 6.07 Å². The molecule has 96 valence electrons. The largest absolute Gasteiger partial charge is 0.494 e. The molecule has 0 aliphatic heterocycles. The van der Waals surface area contributed by atoms with Crippen molar-refractivity contribution in [1.82, 2.24) is 14.6 Å². The summed E-state index contributed by atoms with van der Waals surface area (Å²) in [5, 5.41) is 4.02. The lowest BCUT2D eigenvalue weighted by Gasteiger charge is -2.05. The van der Waals surface area contributed by atoms with Gasteiger partial charge in [0, 0.05) is 11.8 Å². The van der Waals surface area contributed by atoms with E-state index in [9.17, 15) is 4.39 Å². The maximum Gasteiger partial charge on any atom is 0.240 e. The first-order valence-corrected chi connectivity index (χ1v) is 5.63. The van der Waals surface area contributed by atoms with Crippen molar-refractivity contribution in [2.75, 3.05) is 12.8 Å². The molecule has 2 N–H and O–H groups in total. The molecule has 0 spiro atoms. The summed E-state index contributed by atoms with van der Waals surface area (Å²) in [7, 11) is 1.43. The number of benzene rings is 1. The van der Waals surface area contributed by atoms with Crippen molar-refractivity contribution in [3.05, 3.63) is 42.3 Å². The van der Waals surface area contributed by atoms with Crippen LogP contribution in [0.4, 0.5) is 10.3 Å². The summed E-state index contributed by atoms with van der Waals surface area (Å²) in [6.45, 7) is 0. The number of pyridine rings is 1. The van der Waals surface area contributed by atoms with E-state index >= 15 is 0 Å². The number of rotatable bonds is 2. The van der Waals surface area contributed by atoms with E-state index in [1.165, 1.54) is 13.2 Å². The molecular formula is C13H11FN4O. The van der Waals surface area contributed by atoms with Crippen molar-refractivity contribution in [2.45, 2.75) is 0 Å². The molecule has 2 aromatic heterocycles. The zero-order valence-corrected chi connectivity index (χ0v) is 10.2. The first kappa shape index (κ1) is 11.5. The quantitative estimate of drug-likeness (QED) is 0.764. The van der Waals surface area contributed by atoms with Crippen molar-refractivity contribution >= 4 is 11.6 Å². The topological polar surface area (TPSA) is 65.4 Å². The Morgan fingerprint density at radius 3 is 2.74 bits per heavy atom. The number of hydrogen-bond donors (Lipinski definition) is 1. The van der Waals surface area contributed by atoms with Crippen LogP contribution in [-0.4, -0.2) is 21.7 Å². The van der Waals surface area contributed by atoms with Crippen LogP contribution in [0.15, 0.2) is 36.5 Å². The molecule has 0 fully saturated rings. The predicted molar refractivity (Wildman–Crippen MR) is 69.3 cm³/mol. The summed E-state index contributed by atoms with van der Waals surface area (Å²) in [5.74, 6) is 0.0195. The highest BCUT2D eigenvalue weighted by molar-refractivity contribution is 5.65. The Kier molecular flexibility index (Phi) is 2.56. The molecule has 5 nitrogen and oxygen atoms in total. The van der Waals surface area contributed by atoms with Gasteiger partial charge in [0.2, 0.25) is 5.95 Å². The Balaban J connectivity index is 2.10. The Bertz CT molecular complexity index is 753. The summed E-state index contributed by atoms with van der Waals surface area (Å²) in [4.78, 5) is 4.03. The Hall–Kier alpha value is -2.63. The number of nitrogens with two attached hydrogens (primary N) is 1. The van der Waals surface area contributed by atoms with Crippen LogP contribution in [0, 0.1) is 5.82 Å². The second-order valence-corrected chi connectivity index (χ2v) is 4.04. The van der Waals surface area contributed by atoms with Crippen LogP contribution in [-0.2, 0) is 0 Å². The molecule has 1 aromatic carbocycles. The van der Waals surface area contributed by atoms with Gasteiger partial charge in [-0.25, -0.2) is 8.91 Å². The predicted octanol–water partition coefficient (Wildman–Crippen LogP) is 2.13. The number of halogens is 1. The van der Waals surface area contributed by atoms with Gasteiger partial charge in [-0.15, -0.1) is 5.10 Å². The van der Waals surface area contributed by atoms with Gasteiger partial charge >= 0.3 is 0 Å². The highest BCUT2D eigenvalue weighted by Gasteiger charge is 2.07. The van der Waals surface area contributed by atoms with Crippen LogP contribution in [0.1, 0.15) is 0 Å². The fraction of sp³-hybridized carbons (Fsp3) is 0.0769. The number of nitrogens with zero attached hydrogens (tertiary/aromatic N) is 3. The second kappa shape index (κ2) is 4.24. The van der Waals surface area contributed by atoms with E-state index < -0.39 is 5.82 Å². The number of aromatic nitrogens is 3. The van der Waals surface area contributed by atoms with Gasteiger partial charge in [0.15, 0.2) is 17.2 Å². The van der Waals surface area contributed by atoms with Gasteiger partial charge in [-0.3, -0.25) is 0 Å². The van der Waals surface area contributed by atoms with Gasteiger partial charge in [0.1, 0.15) is 0 Å². The molecule has 0 radical (unpaired) electrons. The highest BCUT2D eigenvalue weighted by atomic mass is 19.1. The fourth-order valence-electron chi connectivity index (χ4n) is 1.92. The molecule has 0 saturated heterocycles. The molecule has 3 rings (SSSR count). The second-order valence-electron chi connectivity index (χ2n) is 4.04. The molecule has 6 heteroatoms. The molecule has 0 unspecified atom stereocenters. The summed E-state index contributed by atoms with van der Waals surface area (Å²) < 4.78 is 20.1. The number of nitrogen functional groups attached to an aromatic ring is 1. The Morgan fingerprint density at radius 1 is 1.21 bits per heavy atom. The smallest absolute Gasteiger partial charge is 0.240 e. The average Bonchev–Trinajstić information content (AvgIpc) is 2.77. The van der Waals surface area contributed by atoms with E-state index in [-0.39, 0.29) is 11.7 Å². The first-order chi connectivity index (χ1) is 9.17. The third-order valence-electron chi connectivity index (χ3n) is 2.83.